The number of aliphatic hydroxyl groups excluding tert-OH is 2. The number of amides is 1. The first-order chi connectivity index (χ1) is 11.1. The van der Waals surface area contributed by atoms with Crippen LogP contribution in [0.25, 0.3) is 0 Å². The lowest BCUT2D eigenvalue weighted by Gasteiger charge is -2.45. The number of carbonyl (C=O) groups excluding carboxylic acids is 1. The fourth-order valence-corrected chi connectivity index (χ4v) is 5.12. The minimum absolute atomic E-state index is 0.0749. The molecular formula is C18H28N2O3. The van der Waals surface area contributed by atoms with Gasteiger partial charge in [-0.1, -0.05) is 18.9 Å². The molecular weight excluding hydrogens is 292 g/mol. The van der Waals surface area contributed by atoms with Crippen molar-refractivity contribution in [3.05, 3.63) is 11.6 Å². The van der Waals surface area contributed by atoms with Gasteiger partial charge in [-0.15, -0.1) is 0 Å². The monoisotopic (exact) mass is 320 g/mol. The fourth-order valence-electron chi connectivity index (χ4n) is 5.12. The maximum atomic E-state index is 12.5. The Hall–Kier alpha value is -0.910. The summed E-state index contributed by atoms with van der Waals surface area (Å²) in [5.74, 6) is 0.748. The second kappa shape index (κ2) is 6.19. The summed E-state index contributed by atoms with van der Waals surface area (Å²) >= 11 is 0. The van der Waals surface area contributed by atoms with Gasteiger partial charge in [-0.05, 0) is 50.0 Å². The zero-order valence-electron chi connectivity index (χ0n) is 13.7. The first-order valence-electron chi connectivity index (χ1n) is 9.26. The van der Waals surface area contributed by atoms with Crippen LogP contribution >= 0.6 is 0 Å². The van der Waals surface area contributed by atoms with Gasteiger partial charge < -0.3 is 15.5 Å². The summed E-state index contributed by atoms with van der Waals surface area (Å²) in [7, 11) is 0. The predicted octanol–water partition coefficient (Wildman–Crippen LogP) is 1.16. The van der Waals surface area contributed by atoms with Crippen molar-refractivity contribution in [2.45, 2.75) is 75.8 Å². The van der Waals surface area contributed by atoms with E-state index in [1.807, 2.05) is 0 Å². The van der Waals surface area contributed by atoms with Crippen LogP contribution in [0, 0.1) is 11.8 Å². The van der Waals surface area contributed by atoms with Gasteiger partial charge in [-0.25, -0.2) is 0 Å². The minimum Gasteiger partial charge on any atom is -0.390 e. The summed E-state index contributed by atoms with van der Waals surface area (Å²) in [5, 5.41) is 22.8. The molecule has 0 aromatic heterocycles. The zero-order valence-corrected chi connectivity index (χ0v) is 13.7. The highest BCUT2D eigenvalue weighted by Gasteiger charge is 2.46. The summed E-state index contributed by atoms with van der Waals surface area (Å²) in [6, 6.07) is 0.423. The van der Waals surface area contributed by atoms with Crippen molar-refractivity contribution >= 4 is 5.91 Å². The largest absolute Gasteiger partial charge is 0.390 e. The van der Waals surface area contributed by atoms with E-state index < -0.39 is 12.2 Å². The fraction of sp³-hybridized carbons (Fsp3) is 0.833. The number of fused-ring (bicyclic) bond motifs is 3. The second-order valence-corrected chi connectivity index (χ2v) is 7.81. The number of rotatable bonds is 1. The van der Waals surface area contributed by atoms with Gasteiger partial charge in [0.2, 0.25) is 5.91 Å². The molecule has 2 saturated heterocycles. The van der Waals surface area contributed by atoms with Crippen molar-refractivity contribution in [3.8, 4) is 0 Å². The summed E-state index contributed by atoms with van der Waals surface area (Å²) in [4.78, 5) is 15.0. The van der Waals surface area contributed by atoms with Crippen LogP contribution in [0.4, 0.5) is 0 Å². The molecule has 0 aromatic carbocycles. The van der Waals surface area contributed by atoms with Gasteiger partial charge in [0.1, 0.15) is 6.17 Å². The van der Waals surface area contributed by atoms with Crippen LogP contribution in [0.5, 0.6) is 0 Å². The number of nitrogens with zero attached hydrogens (tertiary/aromatic N) is 1. The van der Waals surface area contributed by atoms with Crippen LogP contribution in [0.3, 0.4) is 0 Å². The molecule has 0 aromatic rings. The molecule has 4 rings (SSSR count). The molecule has 2 heterocycles. The summed E-state index contributed by atoms with van der Waals surface area (Å²) in [6.07, 6.45) is 9.03. The van der Waals surface area contributed by atoms with Crippen LogP contribution in [0.2, 0.25) is 0 Å². The SMILES string of the molecule is O=C1NC2/C(=C/C3CCC(O)C(O)C3)CCN2C2CCCCC12. The Kier molecular flexibility index (Phi) is 4.20. The average molecular weight is 320 g/mol. The Balaban J connectivity index is 1.49. The van der Waals surface area contributed by atoms with Gasteiger partial charge in [0.15, 0.2) is 0 Å². The van der Waals surface area contributed by atoms with E-state index in [4.69, 9.17) is 0 Å². The molecule has 0 bridgehead atoms. The first-order valence-corrected chi connectivity index (χ1v) is 9.26. The lowest BCUT2D eigenvalue weighted by molar-refractivity contribution is -0.135. The van der Waals surface area contributed by atoms with Crippen LogP contribution in [0.15, 0.2) is 11.6 Å². The van der Waals surface area contributed by atoms with E-state index >= 15 is 0 Å². The average Bonchev–Trinajstić information content (AvgIpc) is 2.94. The van der Waals surface area contributed by atoms with E-state index in [9.17, 15) is 15.0 Å². The van der Waals surface area contributed by atoms with Gasteiger partial charge in [0.05, 0.1) is 18.1 Å². The molecule has 5 heteroatoms. The Bertz CT molecular complexity index is 506. The van der Waals surface area contributed by atoms with Crippen molar-refractivity contribution in [1.82, 2.24) is 10.2 Å². The van der Waals surface area contributed by atoms with Gasteiger partial charge >= 0.3 is 0 Å². The number of hydrogen-bond donors (Lipinski definition) is 3. The third-order valence-electron chi connectivity index (χ3n) is 6.38. The van der Waals surface area contributed by atoms with E-state index in [0.717, 1.165) is 32.2 Å². The number of nitrogens with one attached hydrogen (secondary N) is 1. The quantitative estimate of drug-likeness (QED) is 0.634. The molecule has 23 heavy (non-hydrogen) atoms. The van der Waals surface area contributed by atoms with Crippen molar-refractivity contribution in [1.29, 1.82) is 0 Å². The van der Waals surface area contributed by atoms with E-state index in [-0.39, 0.29) is 18.0 Å². The van der Waals surface area contributed by atoms with Crippen molar-refractivity contribution in [2.24, 2.45) is 11.8 Å². The van der Waals surface area contributed by atoms with Gasteiger partial charge in [-0.2, -0.15) is 0 Å². The molecule has 4 fully saturated rings. The third-order valence-corrected chi connectivity index (χ3v) is 6.38. The minimum atomic E-state index is -0.605. The Morgan fingerprint density at radius 1 is 1.09 bits per heavy atom. The number of allylic oxidation sites excluding steroid dienone is 1. The molecule has 1 amide bonds. The highest BCUT2D eigenvalue weighted by Crippen LogP contribution is 2.39. The van der Waals surface area contributed by atoms with E-state index in [1.165, 1.54) is 18.4 Å². The molecule has 2 aliphatic carbocycles. The first kappa shape index (κ1) is 15.6. The van der Waals surface area contributed by atoms with Crippen molar-refractivity contribution in [2.75, 3.05) is 6.54 Å². The summed E-state index contributed by atoms with van der Waals surface area (Å²) in [6.45, 7) is 1.04. The van der Waals surface area contributed by atoms with Gasteiger partial charge in [0.25, 0.3) is 0 Å². The lowest BCUT2D eigenvalue weighted by Crippen LogP contribution is -2.61. The number of hydrogen-bond acceptors (Lipinski definition) is 4. The molecule has 5 nitrogen and oxygen atoms in total. The van der Waals surface area contributed by atoms with Crippen LogP contribution < -0.4 is 5.32 Å². The molecule has 3 N–H and O–H groups in total. The van der Waals surface area contributed by atoms with Crippen molar-refractivity contribution < 1.29 is 15.0 Å². The topological polar surface area (TPSA) is 72.8 Å². The zero-order chi connectivity index (χ0) is 16.0. The second-order valence-electron chi connectivity index (χ2n) is 7.81. The van der Waals surface area contributed by atoms with Gasteiger partial charge in [0, 0.05) is 12.6 Å². The molecule has 0 spiro atoms. The molecule has 4 aliphatic rings. The molecule has 2 aliphatic heterocycles. The normalized spacial score (nSPS) is 46.3. The van der Waals surface area contributed by atoms with E-state index in [1.54, 1.807) is 0 Å². The van der Waals surface area contributed by atoms with Gasteiger partial charge in [-0.3, -0.25) is 9.69 Å². The molecule has 128 valence electrons. The predicted molar refractivity (Wildman–Crippen MR) is 86.4 cm³/mol. The number of aliphatic hydroxyl groups is 2. The molecule has 0 radical (unpaired) electrons. The lowest BCUT2D eigenvalue weighted by atomic mass is 9.81. The maximum Gasteiger partial charge on any atom is 0.226 e. The summed E-state index contributed by atoms with van der Waals surface area (Å²) < 4.78 is 0. The maximum absolute atomic E-state index is 12.5. The van der Waals surface area contributed by atoms with Crippen LogP contribution in [0.1, 0.15) is 51.4 Å². The van der Waals surface area contributed by atoms with Crippen molar-refractivity contribution in [3.63, 3.8) is 0 Å². The highest BCUT2D eigenvalue weighted by molar-refractivity contribution is 5.81. The smallest absolute Gasteiger partial charge is 0.226 e. The Morgan fingerprint density at radius 3 is 2.74 bits per heavy atom. The standard InChI is InChI=1S/C18H28N2O3/c21-15-6-5-11(10-16(15)22)9-12-7-8-20-14-4-2-1-3-13(14)18(23)19-17(12)20/h9,11,13-17,21-22H,1-8,10H2,(H,19,23)/b12-9+. The Morgan fingerprint density at radius 2 is 1.91 bits per heavy atom. The summed E-state index contributed by atoms with van der Waals surface area (Å²) in [5.41, 5.74) is 1.32. The van der Waals surface area contributed by atoms with Crippen LogP contribution in [-0.4, -0.2) is 52.0 Å². The van der Waals surface area contributed by atoms with E-state index in [2.05, 4.69) is 16.3 Å². The molecule has 6 unspecified atom stereocenters. The Labute approximate surface area is 137 Å². The molecule has 2 saturated carbocycles. The molecule has 6 atom stereocenters. The van der Waals surface area contributed by atoms with E-state index in [0.29, 0.717) is 24.8 Å². The number of carbonyl (C=O) groups is 1. The van der Waals surface area contributed by atoms with Crippen LogP contribution in [-0.2, 0) is 4.79 Å². The highest BCUT2D eigenvalue weighted by atomic mass is 16.3. The third kappa shape index (κ3) is 2.83.